The Morgan fingerprint density at radius 3 is 1.34 bits per heavy atom. The molecule has 1 heterocycles. The maximum Gasteiger partial charge on any atom is 0.407 e. The summed E-state index contributed by atoms with van der Waals surface area (Å²) in [6.45, 7) is 5.89. The molecule has 252 valence electrons. The molecule has 0 aromatic carbocycles. The van der Waals surface area contributed by atoms with Crippen LogP contribution in [0.25, 0.3) is 0 Å². The van der Waals surface area contributed by atoms with Gasteiger partial charge in [-0.05, 0) is 68.6 Å². The molecule has 1 aliphatic heterocycles. The van der Waals surface area contributed by atoms with Gasteiger partial charge in [-0.2, -0.15) is 17.0 Å². The summed E-state index contributed by atoms with van der Waals surface area (Å²) in [5, 5.41) is 11.3. The van der Waals surface area contributed by atoms with Crippen LogP contribution in [0.2, 0.25) is 0 Å². The lowest BCUT2D eigenvalue weighted by molar-refractivity contribution is -0.120. The molecule has 4 N–H and O–H groups in total. The summed E-state index contributed by atoms with van der Waals surface area (Å²) < 4.78 is 39.2. The van der Waals surface area contributed by atoms with Gasteiger partial charge >= 0.3 is 12.2 Å². The van der Waals surface area contributed by atoms with Crippen molar-refractivity contribution in [3.63, 3.8) is 0 Å². The van der Waals surface area contributed by atoms with E-state index in [1.807, 2.05) is 0 Å². The number of alkyl carbamates (subject to hydrolysis) is 2. The van der Waals surface area contributed by atoms with Gasteiger partial charge in [-0.25, -0.2) is 9.59 Å². The van der Waals surface area contributed by atoms with Crippen LogP contribution in [0, 0.1) is 23.7 Å². The molecule has 0 aromatic rings. The topological polar surface area (TPSA) is 175 Å². The third-order valence-corrected chi connectivity index (χ3v) is 10.8. The van der Waals surface area contributed by atoms with E-state index in [0.29, 0.717) is 69.4 Å². The fourth-order valence-corrected chi connectivity index (χ4v) is 8.09. The largest absolute Gasteiger partial charge is 0.448 e. The lowest BCUT2D eigenvalue weighted by Crippen LogP contribution is -2.51. The molecule has 4 unspecified atom stereocenters. The number of carbonyl (C=O) groups excluding carboxylic acids is 4. The average Bonchev–Trinajstić information content (AvgIpc) is 2.99. The Morgan fingerprint density at radius 2 is 0.977 bits per heavy atom. The molecule has 0 spiro atoms. The first-order valence-electron chi connectivity index (χ1n) is 16.1. The Bertz CT molecular complexity index is 986. The van der Waals surface area contributed by atoms with E-state index in [4.69, 9.17) is 9.47 Å². The standard InChI is InChI=1S/C29H52N6O8S/c1-22(36)30-18-24-6-3-8-26(16-24)20-32-28(38)42-14-12-34-10-5-11-35(44(34,40)41)13-15-43-29(39)33-21-27-9-4-7-25(17-27)19-31-23(2)37/h24-27H,3-21H2,1-2H3,(H,30,36)(H,31,37)(H,32,38)(H,33,39). The van der Waals surface area contributed by atoms with Gasteiger partial charge in [0, 0.05) is 66.2 Å². The summed E-state index contributed by atoms with van der Waals surface area (Å²) in [7, 11) is -3.77. The van der Waals surface area contributed by atoms with E-state index in [-0.39, 0.29) is 38.1 Å². The van der Waals surface area contributed by atoms with Gasteiger partial charge in [0.05, 0.1) is 0 Å². The molecule has 44 heavy (non-hydrogen) atoms. The molecule has 0 aromatic heterocycles. The second-order valence-electron chi connectivity index (χ2n) is 12.4. The molecular weight excluding hydrogens is 592 g/mol. The molecule has 4 amide bonds. The number of hydrogen-bond donors (Lipinski definition) is 4. The normalized spacial score (nSPS) is 25.8. The van der Waals surface area contributed by atoms with E-state index in [0.717, 1.165) is 51.4 Å². The average molecular weight is 645 g/mol. The predicted octanol–water partition coefficient (Wildman–Crippen LogP) is 1.58. The monoisotopic (exact) mass is 644 g/mol. The highest BCUT2D eigenvalue weighted by molar-refractivity contribution is 7.86. The number of rotatable bonds is 14. The van der Waals surface area contributed by atoms with Gasteiger partial charge in [0.15, 0.2) is 0 Å². The molecule has 0 bridgehead atoms. The van der Waals surface area contributed by atoms with Gasteiger partial charge in [-0.3, -0.25) is 9.59 Å². The van der Waals surface area contributed by atoms with Crippen LogP contribution in [0.3, 0.4) is 0 Å². The molecule has 3 fully saturated rings. The lowest BCUT2D eigenvalue weighted by atomic mass is 9.81. The Balaban J connectivity index is 1.29. The molecular formula is C29H52N6O8S. The number of nitrogens with zero attached hydrogens (tertiary/aromatic N) is 2. The summed E-state index contributed by atoms with van der Waals surface area (Å²) in [6, 6.07) is 0. The van der Waals surface area contributed by atoms with Crippen molar-refractivity contribution in [2.24, 2.45) is 23.7 Å². The predicted molar refractivity (Wildman–Crippen MR) is 164 cm³/mol. The Hall–Kier alpha value is -2.65. The van der Waals surface area contributed by atoms with Crippen LogP contribution >= 0.6 is 0 Å². The van der Waals surface area contributed by atoms with Gasteiger partial charge in [0.2, 0.25) is 11.8 Å². The molecule has 15 heteroatoms. The van der Waals surface area contributed by atoms with Crippen molar-refractivity contribution in [1.82, 2.24) is 29.9 Å². The van der Waals surface area contributed by atoms with Crippen molar-refractivity contribution >= 4 is 34.2 Å². The number of hydrogen-bond acceptors (Lipinski definition) is 8. The van der Waals surface area contributed by atoms with Crippen LogP contribution < -0.4 is 21.3 Å². The van der Waals surface area contributed by atoms with E-state index >= 15 is 0 Å². The van der Waals surface area contributed by atoms with Crippen molar-refractivity contribution < 1.29 is 37.1 Å². The summed E-state index contributed by atoms with van der Waals surface area (Å²) >= 11 is 0. The van der Waals surface area contributed by atoms with Crippen LogP contribution in [0.5, 0.6) is 0 Å². The smallest absolute Gasteiger partial charge is 0.407 e. The summed E-state index contributed by atoms with van der Waals surface area (Å²) in [4.78, 5) is 46.8. The van der Waals surface area contributed by atoms with E-state index in [1.54, 1.807) is 0 Å². The SMILES string of the molecule is CC(=O)NCC1CCCC(CNC(=O)OCCN2CCCN(CCOC(=O)NCC3CCCC(CNC(C)=O)C3)S2(=O)=O)C1. The fraction of sp³-hybridized carbons (Fsp3) is 0.862. The quantitative estimate of drug-likeness (QED) is 0.220. The summed E-state index contributed by atoms with van der Waals surface area (Å²) in [6.07, 6.45) is 7.55. The molecule has 1 saturated heterocycles. The van der Waals surface area contributed by atoms with Crippen molar-refractivity contribution in [3.05, 3.63) is 0 Å². The molecule has 0 radical (unpaired) electrons. The van der Waals surface area contributed by atoms with E-state index < -0.39 is 22.4 Å². The number of ether oxygens (including phenoxy) is 2. The lowest BCUT2D eigenvalue weighted by Gasteiger charge is -2.34. The van der Waals surface area contributed by atoms with E-state index in [9.17, 15) is 27.6 Å². The van der Waals surface area contributed by atoms with Gasteiger partial charge in [-0.15, -0.1) is 0 Å². The zero-order valence-electron chi connectivity index (χ0n) is 26.3. The fourth-order valence-electron chi connectivity index (χ4n) is 6.43. The minimum absolute atomic E-state index is 0.0371. The minimum Gasteiger partial charge on any atom is -0.448 e. The third-order valence-electron chi connectivity index (χ3n) is 8.75. The van der Waals surface area contributed by atoms with Crippen molar-refractivity contribution in [2.45, 2.75) is 71.6 Å². The second kappa shape index (κ2) is 18.4. The molecule has 14 nitrogen and oxygen atoms in total. The number of amides is 4. The van der Waals surface area contributed by atoms with Crippen LogP contribution in [-0.4, -0.2) is 107 Å². The highest BCUT2D eigenvalue weighted by Crippen LogP contribution is 2.29. The van der Waals surface area contributed by atoms with Gasteiger partial charge in [0.25, 0.3) is 10.2 Å². The van der Waals surface area contributed by atoms with Crippen molar-refractivity contribution in [3.8, 4) is 0 Å². The highest BCUT2D eigenvalue weighted by Gasteiger charge is 2.33. The van der Waals surface area contributed by atoms with Gasteiger partial charge < -0.3 is 30.7 Å². The summed E-state index contributed by atoms with van der Waals surface area (Å²) in [5.74, 6) is 1.36. The highest BCUT2D eigenvalue weighted by atomic mass is 32.2. The van der Waals surface area contributed by atoms with Crippen LogP contribution in [0.1, 0.15) is 71.6 Å². The van der Waals surface area contributed by atoms with Crippen molar-refractivity contribution in [2.75, 3.05) is 65.6 Å². The zero-order chi connectivity index (χ0) is 32.0. The Labute approximate surface area is 261 Å². The molecule has 2 saturated carbocycles. The molecule has 3 rings (SSSR count). The van der Waals surface area contributed by atoms with Crippen LogP contribution in [0.4, 0.5) is 9.59 Å². The van der Waals surface area contributed by atoms with Gasteiger partial charge in [0.1, 0.15) is 13.2 Å². The molecule has 4 atom stereocenters. The first-order chi connectivity index (χ1) is 21.0. The molecule has 2 aliphatic carbocycles. The zero-order valence-corrected chi connectivity index (χ0v) is 27.1. The van der Waals surface area contributed by atoms with Crippen molar-refractivity contribution in [1.29, 1.82) is 0 Å². The Kier molecular flexibility index (Phi) is 14.9. The Morgan fingerprint density at radius 1 is 0.614 bits per heavy atom. The number of nitrogens with one attached hydrogen (secondary N) is 4. The maximum atomic E-state index is 13.1. The third kappa shape index (κ3) is 12.8. The van der Waals surface area contributed by atoms with E-state index in [1.165, 1.54) is 22.5 Å². The van der Waals surface area contributed by atoms with Crippen LogP contribution in [0.15, 0.2) is 0 Å². The summed E-state index contributed by atoms with van der Waals surface area (Å²) in [5.41, 5.74) is 0. The first kappa shape index (κ1) is 35.8. The number of carbonyl (C=O) groups is 4. The van der Waals surface area contributed by atoms with Gasteiger partial charge in [-0.1, -0.05) is 12.8 Å². The van der Waals surface area contributed by atoms with E-state index in [2.05, 4.69) is 21.3 Å². The van der Waals surface area contributed by atoms with Crippen LogP contribution in [-0.2, 0) is 29.3 Å². The minimum atomic E-state index is -3.77. The maximum absolute atomic E-state index is 13.1. The second-order valence-corrected chi connectivity index (χ2v) is 14.3. The first-order valence-corrected chi connectivity index (χ1v) is 17.5. The molecule has 3 aliphatic rings.